The molecule has 0 atom stereocenters. The molecule has 38 heavy (non-hydrogen) atoms. The zero-order valence-corrected chi connectivity index (χ0v) is 22.8. The van der Waals surface area contributed by atoms with Crippen molar-refractivity contribution in [1.82, 2.24) is 20.2 Å². The van der Waals surface area contributed by atoms with E-state index < -0.39 is 9.84 Å². The molecule has 1 aliphatic rings. The van der Waals surface area contributed by atoms with Crippen molar-refractivity contribution in [2.24, 2.45) is 5.92 Å². The largest absolute Gasteiger partial charge is 0.381 e. The second-order valence-electron chi connectivity index (χ2n) is 9.47. The Labute approximate surface area is 230 Å². The van der Waals surface area contributed by atoms with E-state index in [4.69, 9.17) is 27.9 Å². The number of nitrogens with one attached hydrogen (secondary N) is 1. The van der Waals surface area contributed by atoms with Gasteiger partial charge in [-0.3, -0.25) is 9.89 Å². The van der Waals surface area contributed by atoms with Gasteiger partial charge in [-0.05, 0) is 48.9 Å². The lowest BCUT2D eigenvalue weighted by molar-refractivity contribution is -0.118. The summed E-state index contributed by atoms with van der Waals surface area (Å²) in [5.41, 5.74) is 2.49. The van der Waals surface area contributed by atoms with Crippen LogP contribution in [-0.2, 0) is 31.5 Å². The van der Waals surface area contributed by atoms with Crippen LogP contribution in [0, 0.1) is 5.92 Å². The van der Waals surface area contributed by atoms with Gasteiger partial charge in [0.05, 0.1) is 26.8 Å². The summed E-state index contributed by atoms with van der Waals surface area (Å²) in [7, 11) is -3.69. The number of halogens is 2. The Morgan fingerprint density at radius 1 is 1.08 bits per heavy atom. The van der Waals surface area contributed by atoms with E-state index in [-0.39, 0.29) is 27.9 Å². The van der Waals surface area contributed by atoms with E-state index in [1.807, 2.05) is 0 Å². The fraction of sp³-hybridized carbons (Fsp3) is 0.333. The van der Waals surface area contributed by atoms with Gasteiger partial charge in [-0.25, -0.2) is 18.4 Å². The third-order valence-electron chi connectivity index (χ3n) is 6.73. The number of nitrogens with zero attached hydrogens (tertiary/aromatic N) is 3. The first-order valence-electron chi connectivity index (χ1n) is 12.3. The normalized spacial score (nSPS) is 14.7. The van der Waals surface area contributed by atoms with E-state index in [1.165, 1.54) is 12.1 Å². The van der Waals surface area contributed by atoms with Crippen LogP contribution in [0.4, 0.5) is 0 Å². The zero-order chi connectivity index (χ0) is 26.7. The number of Topliss-reactive ketones (excluding diaryl/α,β-unsaturated/α-hetero) is 1. The van der Waals surface area contributed by atoms with Crippen LogP contribution in [0.3, 0.4) is 0 Å². The lowest BCUT2D eigenvalue weighted by atomic mass is 9.93. The zero-order valence-electron chi connectivity index (χ0n) is 20.5. The molecule has 0 aliphatic carbocycles. The standard InChI is InChI=1S/C27H26Cl2N4O4S/c28-20-6-8-23(29)25(13-20)38(35,36)16-18-1-4-19(5-2-18)26-30-15-22-24(32-33-27(22)31-26)14-21(34)7-3-17-9-11-37-12-10-17/h1-2,4-6,8,13,15,17H,3,7,9-12,14,16H2,(H,30,31,32,33). The van der Waals surface area contributed by atoms with Crippen molar-refractivity contribution in [3.63, 3.8) is 0 Å². The van der Waals surface area contributed by atoms with Crippen LogP contribution in [0.1, 0.15) is 36.9 Å². The van der Waals surface area contributed by atoms with Crippen molar-refractivity contribution < 1.29 is 17.9 Å². The fourth-order valence-electron chi connectivity index (χ4n) is 4.57. The minimum atomic E-state index is -3.69. The molecule has 2 aromatic carbocycles. The molecule has 1 N–H and O–H groups in total. The van der Waals surface area contributed by atoms with E-state index in [1.54, 1.807) is 36.5 Å². The summed E-state index contributed by atoms with van der Waals surface area (Å²) in [5, 5.41) is 8.37. The molecule has 2 aromatic heterocycles. The summed E-state index contributed by atoms with van der Waals surface area (Å²) >= 11 is 12.1. The molecule has 1 aliphatic heterocycles. The number of hydrogen-bond acceptors (Lipinski definition) is 7. The highest BCUT2D eigenvalue weighted by atomic mass is 35.5. The number of aromatic amines is 1. The number of H-pyrrole nitrogens is 1. The third-order valence-corrected chi connectivity index (χ3v) is 9.13. The number of hydrogen-bond donors (Lipinski definition) is 1. The number of rotatable bonds is 9. The van der Waals surface area contributed by atoms with Gasteiger partial charge in [0.1, 0.15) is 5.78 Å². The van der Waals surface area contributed by atoms with Gasteiger partial charge in [0.25, 0.3) is 0 Å². The molecule has 0 unspecified atom stereocenters. The second kappa shape index (κ2) is 11.5. The minimum Gasteiger partial charge on any atom is -0.381 e. The highest BCUT2D eigenvalue weighted by Gasteiger charge is 2.20. The van der Waals surface area contributed by atoms with Crippen LogP contribution < -0.4 is 0 Å². The van der Waals surface area contributed by atoms with Gasteiger partial charge < -0.3 is 4.74 Å². The minimum absolute atomic E-state index is 0.000863. The molecule has 5 rings (SSSR count). The maximum Gasteiger partial charge on any atom is 0.184 e. The van der Waals surface area contributed by atoms with Crippen LogP contribution in [0.2, 0.25) is 10.0 Å². The molecule has 0 spiro atoms. The Kier molecular flexibility index (Phi) is 8.09. The Morgan fingerprint density at radius 3 is 2.61 bits per heavy atom. The molecule has 198 valence electrons. The molecule has 0 saturated carbocycles. The molecule has 0 amide bonds. The summed E-state index contributed by atoms with van der Waals surface area (Å²) in [6, 6.07) is 11.3. The first-order chi connectivity index (χ1) is 18.3. The van der Waals surface area contributed by atoms with Crippen molar-refractivity contribution in [2.75, 3.05) is 13.2 Å². The van der Waals surface area contributed by atoms with Crippen LogP contribution in [-0.4, -0.2) is 47.6 Å². The van der Waals surface area contributed by atoms with E-state index in [2.05, 4.69) is 20.2 Å². The van der Waals surface area contributed by atoms with Gasteiger partial charge in [0.15, 0.2) is 21.3 Å². The maximum absolute atomic E-state index is 12.9. The van der Waals surface area contributed by atoms with Gasteiger partial charge in [0, 0.05) is 42.8 Å². The highest BCUT2D eigenvalue weighted by molar-refractivity contribution is 7.90. The number of ketones is 1. The number of fused-ring (bicyclic) bond motifs is 1. The number of aromatic nitrogens is 4. The van der Waals surface area contributed by atoms with Crippen LogP contribution in [0.25, 0.3) is 22.4 Å². The molecule has 4 aromatic rings. The maximum atomic E-state index is 12.9. The number of benzene rings is 2. The van der Waals surface area contributed by atoms with E-state index >= 15 is 0 Å². The van der Waals surface area contributed by atoms with Gasteiger partial charge in [-0.15, -0.1) is 0 Å². The Bertz CT molecular complexity index is 1570. The molecule has 11 heteroatoms. The average molecular weight is 574 g/mol. The molecular formula is C27H26Cl2N4O4S. The summed E-state index contributed by atoms with van der Waals surface area (Å²) in [6.45, 7) is 1.56. The van der Waals surface area contributed by atoms with Crippen LogP contribution in [0.15, 0.2) is 53.6 Å². The Balaban J connectivity index is 1.25. The first kappa shape index (κ1) is 26.7. The van der Waals surface area contributed by atoms with Crippen LogP contribution in [0.5, 0.6) is 0 Å². The quantitative estimate of drug-likeness (QED) is 0.276. The summed E-state index contributed by atoms with van der Waals surface area (Å²) in [5.74, 6) is 0.945. The van der Waals surface area contributed by atoms with Crippen molar-refractivity contribution in [3.8, 4) is 11.4 Å². The highest BCUT2D eigenvalue weighted by Crippen LogP contribution is 2.28. The first-order valence-corrected chi connectivity index (χ1v) is 14.8. The Hall–Kier alpha value is -2.85. The fourth-order valence-corrected chi connectivity index (χ4v) is 6.74. The van der Waals surface area contributed by atoms with Gasteiger partial charge in [-0.1, -0.05) is 47.5 Å². The SMILES string of the molecule is O=C(CCC1CCOCC1)Cc1[nH]nc2nc(-c3ccc(CS(=O)(=O)c4cc(Cl)ccc4Cl)cc3)ncc12. The summed E-state index contributed by atoms with van der Waals surface area (Å²) in [4.78, 5) is 21.6. The third kappa shape index (κ3) is 6.23. The molecule has 3 heterocycles. The molecule has 1 saturated heterocycles. The molecular weight excluding hydrogens is 547 g/mol. The summed E-state index contributed by atoms with van der Waals surface area (Å²) < 4.78 is 31.1. The molecule has 1 fully saturated rings. The number of sulfone groups is 1. The van der Waals surface area contributed by atoms with Crippen molar-refractivity contribution >= 4 is 49.9 Å². The van der Waals surface area contributed by atoms with Crippen molar-refractivity contribution in [1.29, 1.82) is 0 Å². The lowest BCUT2D eigenvalue weighted by Gasteiger charge is -2.21. The van der Waals surface area contributed by atoms with Crippen molar-refractivity contribution in [3.05, 3.63) is 70.0 Å². The Morgan fingerprint density at radius 2 is 1.84 bits per heavy atom. The van der Waals surface area contributed by atoms with Gasteiger partial charge >= 0.3 is 0 Å². The predicted molar refractivity (Wildman–Crippen MR) is 146 cm³/mol. The molecule has 0 bridgehead atoms. The number of ether oxygens (including phenoxy) is 1. The number of carbonyl (C=O) groups excluding carboxylic acids is 1. The van der Waals surface area contributed by atoms with E-state index in [0.29, 0.717) is 51.0 Å². The average Bonchev–Trinajstić information content (AvgIpc) is 3.31. The van der Waals surface area contributed by atoms with Gasteiger partial charge in [0.2, 0.25) is 0 Å². The lowest BCUT2D eigenvalue weighted by Crippen LogP contribution is -2.17. The molecule has 8 nitrogen and oxygen atoms in total. The van der Waals surface area contributed by atoms with Crippen molar-refractivity contribution in [2.45, 2.75) is 42.8 Å². The monoisotopic (exact) mass is 572 g/mol. The van der Waals surface area contributed by atoms with Crippen LogP contribution >= 0.6 is 23.2 Å². The predicted octanol–water partition coefficient (Wildman–Crippen LogP) is 5.62. The number of carbonyl (C=O) groups is 1. The molecule has 0 radical (unpaired) electrons. The smallest absolute Gasteiger partial charge is 0.184 e. The van der Waals surface area contributed by atoms with E-state index in [0.717, 1.165) is 32.5 Å². The summed E-state index contributed by atoms with van der Waals surface area (Å²) in [6.07, 6.45) is 5.39. The van der Waals surface area contributed by atoms with E-state index in [9.17, 15) is 13.2 Å². The van der Waals surface area contributed by atoms with Gasteiger partial charge in [-0.2, -0.15) is 5.10 Å². The topological polar surface area (TPSA) is 115 Å². The second-order valence-corrected chi connectivity index (χ2v) is 12.3.